The van der Waals surface area contributed by atoms with Gasteiger partial charge in [-0.05, 0) is 200 Å². The normalized spacial score (nSPS) is 15.6. The highest BCUT2D eigenvalue weighted by Gasteiger charge is 2.37. The number of hydrogen-bond acceptors (Lipinski definition) is 22. The summed E-state index contributed by atoms with van der Waals surface area (Å²) in [5.74, 6) is 0. The molecule has 0 heterocycles. The summed E-state index contributed by atoms with van der Waals surface area (Å²) < 4.78 is 0. The maximum Gasteiger partial charge on any atom is 0.109 e. The largest absolute Gasteiger partial charge is 0.391 e. The molecule has 0 aromatic carbocycles. The van der Waals surface area contributed by atoms with Crippen LogP contribution < -0.4 is 0 Å². The third kappa shape index (κ3) is 83.9. The van der Waals surface area contributed by atoms with E-state index in [2.05, 4.69) is 128 Å². The van der Waals surface area contributed by atoms with Gasteiger partial charge in [-0.2, -0.15) is 0 Å². The third-order valence-electron chi connectivity index (χ3n) is 14.9. The smallest absolute Gasteiger partial charge is 0.109 e. The highest BCUT2D eigenvalue weighted by Crippen LogP contribution is 2.25. The van der Waals surface area contributed by atoms with E-state index in [9.17, 15) is 20.4 Å². The van der Waals surface area contributed by atoms with Crippen LogP contribution >= 0.6 is 0 Å². The fourth-order valence-electron chi connectivity index (χ4n) is 8.13. The van der Waals surface area contributed by atoms with Gasteiger partial charge in [0.2, 0.25) is 0 Å². The SMILES string of the molecule is C=CC(O)C(C)=NC.C=CC(O)C(C)=NCC.CC(=NC(C)C)C(C)O.CC(=NC(C)C)C(O)[Si](C)(C)C.CC(CO)=NC(C)C.CCC(O)C(C)=NC(C)C.CCN=C(C)C(C)O.CCN=C(C)C(O)CC.CCN=C(C)C(O)[Si](C)(C)C.CCN=C(C)C(O)[Si](CC)(CC)CC.CCN=C(C)CO. The first-order valence-corrected chi connectivity index (χ1v) is 48.2. The number of aliphatic hydroxyl groups excluding tert-OH is 11. The summed E-state index contributed by atoms with van der Waals surface area (Å²) in [7, 11) is -2.76. The van der Waals surface area contributed by atoms with Crippen molar-refractivity contribution in [1.29, 1.82) is 0 Å². The van der Waals surface area contributed by atoms with Crippen molar-refractivity contribution in [2.45, 2.75) is 370 Å². The van der Waals surface area contributed by atoms with Crippen molar-refractivity contribution >= 4 is 87.1 Å². The van der Waals surface area contributed by atoms with Gasteiger partial charge in [-0.3, -0.25) is 54.9 Å². The molecule has 0 aromatic rings. The van der Waals surface area contributed by atoms with Crippen LogP contribution in [0, 0.1) is 0 Å². The van der Waals surface area contributed by atoms with Crippen molar-refractivity contribution in [3.05, 3.63) is 25.3 Å². The van der Waals surface area contributed by atoms with E-state index in [0.717, 1.165) is 127 Å². The predicted octanol–water partition coefficient (Wildman–Crippen LogP) is 14.6. The maximum absolute atomic E-state index is 10.3. The minimum atomic E-state index is -1.50. The molecule has 9 unspecified atom stereocenters. The van der Waals surface area contributed by atoms with E-state index in [1.54, 1.807) is 34.7 Å². The second kappa shape index (κ2) is 78.2. The zero-order chi connectivity index (χ0) is 85.7. The number of aliphatic imine (C=N–C) groups is 11. The van der Waals surface area contributed by atoms with Gasteiger partial charge >= 0.3 is 0 Å². The summed E-state index contributed by atoms with van der Waals surface area (Å²) in [5.41, 5.74) is 8.29. The fraction of sp³-hybridized carbons (Fsp3) is 0.812. The Balaban J connectivity index is -0.000000103. The zero-order valence-electron chi connectivity index (χ0n) is 75.1. The Hall–Kier alpha value is -3.94. The van der Waals surface area contributed by atoms with Crippen LogP contribution in [0.1, 0.15) is 234 Å². The predicted molar refractivity (Wildman–Crippen MR) is 478 cm³/mol. The molecule has 0 aliphatic carbocycles. The lowest BCUT2D eigenvalue weighted by Gasteiger charge is -2.33. The van der Waals surface area contributed by atoms with Crippen LogP contribution in [0.25, 0.3) is 0 Å². The molecule has 0 spiro atoms. The van der Waals surface area contributed by atoms with Gasteiger partial charge < -0.3 is 56.2 Å². The molecule has 0 amide bonds. The fourth-order valence-corrected chi connectivity index (χ4v) is 14.4. The van der Waals surface area contributed by atoms with Crippen molar-refractivity contribution in [2.24, 2.45) is 54.9 Å². The van der Waals surface area contributed by atoms with Crippen LogP contribution in [0.5, 0.6) is 0 Å². The van der Waals surface area contributed by atoms with Crippen LogP contribution in [0.2, 0.25) is 57.4 Å². The minimum Gasteiger partial charge on any atom is -0.391 e. The second-order valence-corrected chi connectivity index (χ2v) is 44.4. The van der Waals surface area contributed by atoms with Crippen LogP contribution in [0.3, 0.4) is 0 Å². The van der Waals surface area contributed by atoms with Crippen LogP contribution in [-0.4, -0.2) is 281 Å². The molecule has 626 valence electrons. The average Bonchev–Trinajstić information content (AvgIpc) is 0.852. The Morgan fingerprint density at radius 1 is 0.324 bits per heavy atom. The Bertz CT molecular complexity index is 2420. The quantitative estimate of drug-likeness (QED) is 0.0176. The lowest BCUT2D eigenvalue weighted by atomic mass is 10.2. The Labute approximate surface area is 649 Å². The molecule has 0 aromatic heterocycles. The molecule has 9 atom stereocenters. The monoisotopic (exact) mass is 1550 g/mol. The molecule has 105 heavy (non-hydrogen) atoms. The van der Waals surface area contributed by atoms with Gasteiger partial charge in [0.1, 0.15) is 12.2 Å². The summed E-state index contributed by atoms with van der Waals surface area (Å²) in [4.78, 5) is 45.0. The average molecular weight is 1550 g/mol. The van der Waals surface area contributed by atoms with Gasteiger partial charge in [0.05, 0.1) is 79.0 Å². The van der Waals surface area contributed by atoms with Gasteiger partial charge in [0.25, 0.3) is 0 Å². The molecule has 0 aliphatic heterocycles. The Kier molecular flexibility index (Phi) is 92.9. The molecular formula is C80H173N11O11Si3. The van der Waals surface area contributed by atoms with E-state index in [1.165, 1.54) is 12.2 Å². The number of aliphatic hydroxyl groups is 11. The summed E-state index contributed by atoms with van der Waals surface area (Å²) in [6.07, 6.45) is 1.84. The van der Waals surface area contributed by atoms with Crippen LogP contribution in [0.4, 0.5) is 0 Å². The van der Waals surface area contributed by atoms with E-state index in [-0.39, 0.29) is 54.7 Å². The van der Waals surface area contributed by atoms with Crippen LogP contribution in [-0.2, 0) is 0 Å². The Morgan fingerprint density at radius 3 is 0.810 bits per heavy atom. The van der Waals surface area contributed by atoms with E-state index < -0.39 is 42.5 Å². The second-order valence-electron chi connectivity index (χ2n) is 28.4. The number of hydrogen-bond donors (Lipinski definition) is 11. The molecule has 0 saturated carbocycles. The van der Waals surface area contributed by atoms with Crippen LogP contribution in [0.15, 0.2) is 80.2 Å². The molecule has 0 fully saturated rings. The highest BCUT2D eigenvalue weighted by molar-refractivity contribution is 6.83. The van der Waals surface area contributed by atoms with Gasteiger partial charge in [-0.25, -0.2) is 0 Å². The first-order chi connectivity index (χ1) is 48.1. The van der Waals surface area contributed by atoms with Crippen molar-refractivity contribution < 1.29 is 56.2 Å². The van der Waals surface area contributed by atoms with E-state index in [0.29, 0.717) is 23.8 Å². The van der Waals surface area contributed by atoms with Crippen molar-refractivity contribution in [3.63, 3.8) is 0 Å². The third-order valence-corrected chi connectivity index (χ3v) is 24.8. The van der Waals surface area contributed by atoms with Gasteiger partial charge in [0, 0.05) is 133 Å². The molecule has 0 bridgehead atoms. The first-order valence-electron chi connectivity index (χ1n) is 38.4. The molecule has 0 radical (unpaired) electrons. The first kappa shape index (κ1) is 125. The van der Waals surface area contributed by atoms with Crippen molar-refractivity contribution in [3.8, 4) is 0 Å². The molecule has 0 rings (SSSR count). The Morgan fingerprint density at radius 2 is 0.590 bits per heavy atom. The van der Waals surface area contributed by atoms with Crippen molar-refractivity contribution in [2.75, 3.05) is 59.5 Å². The molecule has 0 saturated heterocycles. The molecule has 22 nitrogen and oxygen atoms in total. The molecule has 11 N–H and O–H groups in total. The summed E-state index contributed by atoms with van der Waals surface area (Å²) in [6.45, 7) is 86.6. The molecule has 25 heteroatoms. The summed E-state index contributed by atoms with van der Waals surface area (Å²) >= 11 is 0. The van der Waals surface area contributed by atoms with E-state index in [1.807, 2.05) is 173 Å². The highest BCUT2D eigenvalue weighted by atomic mass is 28.3. The van der Waals surface area contributed by atoms with E-state index >= 15 is 0 Å². The maximum atomic E-state index is 10.3. The summed E-state index contributed by atoms with van der Waals surface area (Å²) in [6, 6.07) is 4.63. The standard InChI is InChI=1S/C11H25NOSi.C9H21NOSi.C8H19NOSi.C8H17NO.2C7H15NO.C7H13NO.C6H13NO.C6H11NO.C6H13NO.C5H11NO/c1-6-12-10(5)11(13)14(7-2,8-3)9-4;1-7(2)10-8(3)9(11)12(4,5)6;1-6-9-7(2)8(10)11(3,4)5;1-5-8(10)7(4)9-6(2)3;1-5(2)8-6(3)7(4)9;2*1-4-7(9)6(3)8-5-2;1-5(2)7-6(3)4-8;1-4-6(8)5(2)7-3;1-4-7-5(2)6(3)8;1-3-6-5(2)4-7/h11,13H,6-9H2,1-5H3;7,9,11H,1-6H3;8,10H,6H2,1-5H3;6,8,10H,5H2,1-4H3;5,7,9H,1-4H3;7,9H,4-5H2,1-3H3;4,7,9H,1,5H2,2-3H3;5,8H,4H2,1-3H3;4,6,8H,1H2,2-3H3;6,8H,4H2,1-3H3;7H,3-4H2,1-2H3. The number of nitrogens with zero attached hydrogens (tertiary/aromatic N) is 11. The lowest BCUT2D eigenvalue weighted by molar-refractivity contribution is 0.236. The minimum absolute atomic E-state index is 0.0815. The number of rotatable bonds is 31. The lowest BCUT2D eigenvalue weighted by Crippen LogP contribution is -2.49. The summed E-state index contributed by atoms with van der Waals surface area (Å²) in [5, 5.41) is 101. The molecular weight excluding hydrogens is 1380 g/mol. The van der Waals surface area contributed by atoms with Gasteiger partial charge in [0.15, 0.2) is 0 Å². The molecule has 0 aliphatic rings. The van der Waals surface area contributed by atoms with Crippen molar-refractivity contribution in [1.82, 2.24) is 0 Å². The van der Waals surface area contributed by atoms with E-state index in [4.69, 9.17) is 35.7 Å². The van der Waals surface area contributed by atoms with Gasteiger partial charge in [-0.1, -0.05) is 104 Å². The topological polar surface area (TPSA) is 358 Å². The van der Waals surface area contributed by atoms with Gasteiger partial charge in [-0.15, -0.1) is 13.2 Å². The zero-order valence-corrected chi connectivity index (χ0v) is 78.1.